The molecule has 0 saturated heterocycles. The van der Waals surface area contributed by atoms with E-state index in [1.54, 1.807) is 0 Å². The molecule has 0 bridgehead atoms. The highest BCUT2D eigenvalue weighted by atomic mass is 32.1. The molecule has 1 aromatic carbocycles. The first-order valence-corrected chi connectivity index (χ1v) is 7.60. The van der Waals surface area contributed by atoms with Gasteiger partial charge in [-0.3, -0.25) is 0 Å². The lowest BCUT2D eigenvalue weighted by Gasteiger charge is -2.14. The van der Waals surface area contributed by atoms with Crippen molar-refractivity contribution in [3.05, 3.63) is 29.1 Å². The van der Waals surface area contributed by atoms with Gasteiger partial charge in [0.2, 0.25) is 0 Å². The van der Waals surface area contributed by atoms with Crippen LogP contribution in [0.3, 0.4) is 0 Å². The summed E-state index contributed by atoms with van der Waals surface area (Å²) in [5, 5.41) is 0. The Kier molecular flexibility index (Phi) is 4.43. The number of hydrogen-bond acceptors (Lipinski definition) is 2. The Labute approximate surface area is 126 Å². The van der Waals surface area contributed by atoms with Gasteiger partial charge in [-0.15, -0.1) is 0 Å². The third-order valence-corrected chi connectivity index (χ3v) is 4.26. The molecule has 3 nitrogen and oxygen atoms in total. The molecule has 0 aliphatic rings. The van der Waals surface area contributed by atoms with Crippen LogP contribution in [0, 0.1) is 19.8 Å². The van der Waals surface area contributed by atoms with E-state index in [-0.39, 0.29) is 5.92 Å². The van der Waals surface area contributed by atoms with E-state index in [1.165, 1.54) is 16.6 Å². The molecule has 0 spiro atoms. The van der Waals surface area contributed by atoms with E-state index in [1.807, 2.05) is 0 Å². The monoisotopic (exact) mass is 289 g/mol. The van der Waals surface area contributed by atoms with Crippen LogP contribution in [0.4, 0.5) is 0 Å². The van der Waals surface area contributed by atoms with Gasteiger partial charge in [0.15, 0.2) is 0 Å². The number of thiocarbonyl (C=S) groups is 1. The minimum atomic E-state index is 0.180. The number of hydrogen-bond donors (Lipinski definition) is 1. The van der Waals surface area contributed by atoms with Gasteiger partial charge in [-0.25, -0.2) is 4.98 Å². The van der Waals surface area contributed by atoms with Crippen molar-refractivity contribution in [3.63, 3.8) is 0 Å². The molecule has 0 fully saturated rings. The van der Waals surface area contributed by atoms with Crippen LogP contribution in [0.1, 0.15) is 37.2 Å². The van der Waals surface area contributed by atoms with Crippen molar-refractivity contribution in [1.29, 1.82) is 0 Å². The second kappa shape index (κ2) is 5.92. The van der Waals surface area contributed by atoms with Crippen molar-refractivity contribution >= 4 is 28.2 Å². The van der Waals surface area contributed by atoms with Gasteiger partial charge in [0.05, 0.1) is 16.0 Å². The fourth-order valence-corrected chi connectivity index (χ4v) is 2.49. The van der Waals surface area contributed by atoms with Crippen LogP contribution in [-0.4, -0.2) is 14.5 Å². The summed E-state index contributed by atoms with van der Waals surface area (Å²) in [5.74, 6) is 1.32. The maximum atomic E-state index is 5.77. The van der Waals surface area contributed by atoms with E-state index in [0.29, 0.717) is 4.99 Å². The molecule has 1 aromatic heterocycles. The second-order valence-electron chi connectivity index (χ2n) is 5.62. The fraction of sp³-hybridized carbons (Fsp3) is 0.500. The maximum Gasteiger partial charge on any atom is 0.109 e. The number of aryl methyl sites for hydroxylation is 3. The average molecular weight is 289 g/mol. The maximum absolute atomic E-state index is 5.77. The molecular weight excluding hydrogens is 266 g/mol. The number of nitrogens with two attached hydrogens (primary N) is 1. The summed E-state index contributed by atoms with van der Waals surface area (Å²) in [7, 11) is 0. The van der Waals surface area contributed by atoms with Gasteiger partial charge < -0.3 is 10.3 Å². The Balaban J connectivity index is 2.55. The highest BCUT2D eigenvalue weighted by Gasteiger charge is 2.15. The zero-order valence-electron chi connectivity index (χ0n) is 12.7. The first-order valence-electron chi connectivity index (χ1n) is 7.19. The van der Waals surface area contributed by atoms with Crippen molar-refractivity contribution in [3.8, 4) is 0 Å². The summed E-state index contributed by atoms with van der Waals surface area (Å²) in [6.45, 7) is 9.33. The van der Waals surface area contributed by atoms with Gasteiger partial charge in [-0.1, -0.05) is 26.1 Å². The third-order valence-electron chi connectivity index (χ3n) is 3.86. The standard InChI is InChI=1S/C16H23N3S/c1-5-6-15-18-13-7-10(2)11(3)8-14(13)19(15)9-12(4)16(17)20/h7-8,12H,5-6,9H2,1-4H3,(H2,17,20). The Morgan fingerprint density at radius 3 is 2.60 bits per heavy atom. The Bertz CT molecular complexity index is 643. The fourth-order valence-electron chi connectivity index (χ4n) is 2.41. The number of fused-ring (bicyclic) bond motifs is 1. The lowest BCUT2D eigenvalue weighted by atomic mass is 10.1. The molecule has 20 heavy (non-hydrogen) atoms. The van der Waals surface area contributed by atoms with Crippen molar-refractivity contribution in [2.75, 3.05) is 0 Å². The number of aromatic nitrogens is 2. The topological polar surface area (TPSA) is 43.8 Å². The first kappa shape index (κ1) is 15.0. The normalized spacial score (nSPS) is 12.8. The van der Waals surface area contributed by atoms with Crippen molar-refractivity contribution in [1.82, 2.24) is 9.55 Å². The summed E-state index contributed by atoms with van der Waals surface area (Å²) in [6.07, 6.45) is 2.07. The molecule has 4 heteroatoms. The molecule has 0 radical (unpaired) electrons. The minimum absolute atomic E-state index is 0.180. The predicted octanol–water partition coefficient (Wildman–Crippen LogP) is 3.53. The molecule has 1 atom stereocenters. The van der Waals surface area contributed by atoms with Crippen molar-refractivity contribution < 1.29 is 0 Å². The summed E-state index contributed by atoms with van der Waals surface area (Å²) >= 11 is 5.11. The highest BCUT2D eigenvalue weighted by Crippen LogP contribution is 2.22. The molecule has 0 saturated carbocycles. The van der Waals surface area contributed by atoms with Crippen LogP contribution in [0.2, 0.25) is 0 Å². The van der Waals surface area contributed by atoms with E-state index in [4.69, 9.17) is 22.9 Å². The molecule has 2 rings (SSSR count). The van der Waals surface area contributed by atoms with Crippen LogP contribution in [0.25, 0.3) is 11.0 Å². The third kappa shape index (κ3) is 2.85. The molecule has 1 unspecified atom stereocenters. The first-order chi connectivity index (χ1) is 9.43. The van der Waals surface area contributed by atoms with Gasteiger partial charge in [0.25, 0.3) is 0 Å². The molecule has 0 aliphatic carbocycles. The van der Waals surface area contributed by atoms with E-state index in [0.717, 1.165) is 30.7 Å². The van der Waals surface area contributed by atoms with Gasteiger partial charge in [-0.05, 0) is 43.5 Å². The molecule has 2 aromatic rings. The van der Waals surface area contributed by atoms with E-state index < -0.39 is 0 Å². The summed E-state index contributed by atoms with van der Waals surface area (Å²) in [5.41, 5.74) is 10.6. The number of imidazole rings is 1. The van der Waals surface area contributed by atoms with Crippen LogP contribution in [0.5, 0.6) is 0 Å². The predicted molar refractivity (Wildman–Crippen MR) is 89.2 cm³/mol. The van der Waals surface area contributed by atoms with Gasteiger partial charge in [0, 0.05) is 18.9 Å². The SMILES string of the molecule is CCCc1nc2cc(C)c(C)cc2n1CC(C)C(N)=S. The van der Waals surface area contributed by atoms with Gasteiger partial charge >= 0.3 is 0 Å². The van der Waals surface area contributed by atoms with E-state index >= 15 is 0 Å². The smallest absolute Gasteiger partial charge is 0.109 e. The average Bonchev–Trinajstić information content (AvgIpc) is 2.68. The summed E-state index contributed by atoms with van der Waals surface area (Å²) in [4.78, 5) is 5.36. The quantitative estimate of drug-likeness (QED) is 0.856. The lowest BCUT2D eigenvalue weighted by molar-refractivity contribution is 0.582. The van der Waals surface area contributed by atoms with Gasteiger partial charge in [-0.2, -0.15) is 0 Å². The second-order valence-corrected chi connectivity index (χ2v) is 6.09. The molecule has 2 N–H and O–H groups in total. The zero-order valence-corrected chi connectivity index (χ0v) is 13.5. The lowest BCUT2D eigenvalue weighted by Crippen LogP contribution is -2.23. The summed E-state index contributed by atoms with van der Waals surface area (Å²) in [6, 6.07) is 4.40. The molecular formula is C16H23N3S. The molecule has 0 aliphatic heterocycles. The number of rotatable bonds is 5. The number of nitrogens with zero attached hydrogens (tertiary/aromatic N) is 2. The highest BCUT2D eigenvalue weighted by molar-refractivity contribution is 7.80. The zero-order chi connectivity index (χ0) is 14.9. The molecule has 1 heterocycles. The Morgan fingerprint density at radius 2 is 2.00 bits per heavy atom. The van der Waals surface area contributed by atoms with Crippen LogP contribution in [0.15, 0.2) is 12.1 Å². The van der Waals surface area contributed by atoms with Crippen LogP contribution in [-0.2, 0) is 13.0 Å². The Morgan fingerprint density at radius 1 is 1.35 bits per heavy atom. The van der Waals surface area contributed by atoms with Crippen LogP contribution < -0.4 is 5.73 Å². The van der Waals surface area contributed by atoms with E-state index in [9.17, 15) is 0 Å². The van der Waals surface area contributed by atoms with Crippen molar-refractivity contribution in [2.45, 2.75) is 47.1 Å². The van der Waals surface area contributed by atoms with Crippen molar-refractivity contribution in [2.24, 2.45) is 11.7 Å². The Hall–Kier alpha value is -1.42. The summed E-state index contributed by atoms with van der Waals surface area (Å²) < 4.78 is 2.29. The minimum Gasteiger partial charge on any atom is -0.393 e. The molecule has 108 valence electrons. The largest absolute Gasteiger partial charge is 0.393 e. The van der Waals surface area contributed by atoms with E-state index in [2.05, 4.69) is 44.4 Å². The van der Waals surface area contributed by atoms with Gasteiger partial charge in [0.1, 0.15) is 5.82 Å². The number of benzene rings is 1. The van der Waals surface area contributed by atoms with Crippen LogP contribution >= 0.6 is 12.2 Å². The molecule has 0 amide bonds.